The molecule has 3 heteroatoms. The number of pyridine rings is 1. The van der Waals surface area contributed by atoms with E-state index < -0.39 is 6.10 Å². The summed E-state index contributed by atoms with van der Waals surface area (Å²) >= 11 is 0. The molecule has 0 fully saturated rings. The SMILES string of the molecule is Cc1cc(Oc2ccccc2)ncc1C(O)c1ccccc1. The van der Waals surface area contributed by atoms with Crippen molar-refractivity contribution in [3.63, 3.8) is 0 Å². The predicted molar refractivity (Wildman–Crippen MR) is 86.0 cm³/mol. The number of hydrogen-bond donors (Lipinski definition) is 1. The van der Waals surface area contributed by atoms with E-state index in [2.05, 4.69) is 4.98 Å². The average Bonchev–Trinajstić information content (AvgIpc) is 2.56. The van der Waals surface area contributed by atoms with E-state index in [0.29, 0.717) is 5.88 Å². The van der Waals surface area contributed by atoms with Crippen LogP contribution < -0.4 is 4.74 Å². The van der Waals surface area contributed by atoms with Crippen LogP contribution in [0.15, 0.2) is 72.9 Å². The second-order valence-corrected chi connectivity index (χ2v) is 5.11. The summed E-state index contributed by atoms with van der Waals surface area (Å²) in [5, 5.41) is 10.5. The van der Waals surface area contributed by atoms with Gasteiger partial charge in [-0.1, -0.05) is 48.5 Å². The van der Waals surface area contributed by atoms with Gasteiger partial charge in [0, 0.05) is 17.8 Å². The topological polar surface area (TPSA) is 42.4 Å². The first kappa shape index (κ1) is 14.3. The smallest absolute Gasteiger partial charge is 0.219 e. The van der Waals surface area contributed by atoms with Crippen molar-refractivity contribution in [2.75, 3.05) is 0 Å². The standard InChI is InChI=1S/C19H17NO2/c1-14-12-18(22-16-10-6-3-7-11-16)20-13-17(14)19(21)15-8-4-2-5-9-15/h2-13,19,21H,1H3. The molecule has 3 aromatic rings. The molecule has 0 spiro atoms. The van der Waals surface area contributed by atoms with Crippen LogP contribution >= 0.6 is 0 Å². The lowest BCUT2D eigenvalue weighted by molar-refractivity contribution is 0.219. The normalized spacial score (nSPS) is 11.9. The summed E-state index contributed by atoms with van der Waals surface area (Å²) in [5.41, 5.74) is 2.58. The van der Waals surface area contributed by atoms with Gasteiger partial charge < -0.3 is 9.84 Å². The number of nitrogens with zero attached hydrogens (tertiary/aromatic N) is 1. The Hall–Kier alpha value is -2.65. The number of aryl methyl sites for hydroxylation is 1. The Morgan fingerprint density at radius 1 is 0.955 bits per heavy atom. The number of hydrogen-bond acceptors (Lipinski definition) is 3. The summed E-state index contributed by atoms with van der Waals surface area (Å²) < 4.78 is 5.71. The molecular weight excluding hydrogens is 274 g/mol. The zero-order chi connectivity index (χ0) is 15.4. The Bertz CT molecular complexity index is 742. The van der Waals surface area contributed by atoms with Crippen LogP contribution in [0.2, 0.25) is 0 Å². The Balaban J connectivity index is 1.83. The van der Waals surface area contributed by atoms with Crippen LogP contribution in [-0.2, 0) is 0 Å². The second kappa shape index (κ2) is 6.41. The molecule has 0 radical (unpaired) electrons. The van der Waals surface area contributed by atoms with Gasteiger partial charge in [-0.2, -0.15) is 0 Å². The van der Waals surface area contributed by atoms with Gasteiger partial charge in [-0.3, -0.25) is 0 Å². The summed E-state index contributed by atoms with van der Waals surface area (Å²) in [5.74, 6) is 1.26. The third-order valence-corrected chi connectivity index (χ3v) is 3.50. The van der Waals surface area contributed by atoms with Crippen molar-refractivity contribution in [2.24, 2.45) is 0 Å². The molecular formula is C19H17NO2. The van der Waals surface area contributed by atoms with Gasteiger partial charge in [0.15, 0.2) is 0 Å². The fourth-order valence-corrected chi connectivity index (χ4v) is 2.31. The van der Waals surface area contributed by atoms with Crippen LogP contribution in [0.1, 0.15) is 22.8 Å². The molecule has 22 heavy (non-hydrogen) atoms. The van der Waals surface area contributed by atoms with E-state index in [1.165, 1.54) is 0 Å². The number of para-hydroxylation sites is 1. The van der Waals surface area contributed by atoms with Crippen molar-refractivity contribution in [2.45, 2.75) is 13.0 Å². The van der Waals surface area contributed by atoms with Crippen LogP contribution in [0.5, 0.6) is 11.6 Å². The lowest BCUT2D eigenvalue weighted by atomic mass is 9.99. The molecule has 1 N–H and O–H groups in total. The molecule has 0 saturated carbocycles. The van der Waals surface area contributed by atoms with E-state index in [-0.39, 0.29) is 0 Å². The minimum absolute atomic E-state index is 0.521. The quantitative estimate of drug-likeness (QED) is 0.780. The van der Waals surface area contributed by atoms with Crippen molar-refractivity contribution in [3.8, 4) is 11.6 Å². The molecule has 1 atom stereocenters. The van der Waals surface area contributed by atoms with Crippen molar-refractivity contribution in [3.05, 3.63) is 89.6 Å². The van der Waals surface area contributed by atoms with E-state index in [4.69, 9.17) is 4.74 Å². The highest BCUT2D eigenvalue weighted by Gasteiger charge is 2.14. The Kier molecular flexibility index (Phi) is 4.17. The van der Waals surface area contributed by atoms with Crippen LogP contribution in [-0.4, -0.2) is 10.1 Å². The zero-order valence-corrected chi connectivity index (χ0v) is 12.3. The molecule has 1 unspecified atom stereocenters. The van der Waals surface area contributed by atoms with Crippen molar-refractivity contribution < 1.29 is 9.84 Å². The van der Waals surface area contributed by atoms with Crippen molar-refractivity contribution >= 4 is 0 Å². The summed E-state index contributed by atoms with van der Waals surface area (Å²) in [4.78, 5) is 4.30. The van der Waals surface area contributed by atoms with Gasteiger partial charge in [0.2, 0.25) is 5.88 Å². The van der Waals surface area contributed by atoms with E-state index in [1.807, 2.05) is 73.7 Å². The highest BCUT2D eigenvalue weighted by molar-refractivity contribution is 5.37. The molecule has 2 aromatic carbocycles. The first-order valence-electron chi connectivity index (χ1n) is 7.16. The first-order valence-corrected chi connectivity index (χ1v) is 7.16. The molecule has 3 nitrogen and oxygen atoms in total. The van der Waals surface area contributed by atoms with Gasteiger partial charge in [0.1, 0.15) is 11.9 Å². The largest absolute Gasteiger partial charge is 0.439 e. The van der Waals surface area contributed by atoms with E-state index in [0.717, 1.165) is 22.4 Å². The van der Waals surface area contributed by atoms with Gasteiger partial charge in [-0.05, 0) is 30.2 Å². The van der Waals surface area contributed by atoms with E-state index in [1.54, 1.807) is 6.20 Å². The molecule has 110 valence electrons. The van der Waals surface area contributed by atoms with Gasteiger partial charge in [0.25, 0.3) is 0 Å². The van der Waals surface area contributed by atoms with Crippen molar-refractivity contribution in [1.82, 2.24) is 4.98 Å². The highest BCUT2D eigenvalue weighted by Crippen LogP contribution is 2.27. The molecule has 0 aliphatic carbocycles. The minimum atomic E-state index is -0.681. The third kappa shape index (κ3) is 3.15. The Morgan fingerprint density at radius 3 is 2.23 bits per heavy atom. The highest BCUT2D eigenvalue weighted by atomic mass is 16.5. The predicted octanol–water partition coefficient (Wildman–Crippen LogP) is 4.26. The van der Waals surface area contributed by atoms with Crippen LogP contribution in [0, 0.1) is 6.92 Å². The second-order valence-electron chi connectivity index (χ2n) is 5.11. The van der Waals surface area contributed by atoms with Gasteiger partial charge in [-0.15, -0.1) is 0 Å². The van der Waals surface area contributed by atoms with E-state index in [9.17, 15) is 5.11 Å². The zero-order valence-electron chi connectivity index (χ0n) is 12.3. The lowest BCUT2D eigenvalue weighted by Gasteiger charge is -2.14. The monoisotopic (exact) mass is 291 g/mol. The van der Waals surface area contributed by atoms with Crippen molar-refractivity contribution in [1.29, 1.82) is 0 Å². The fraction of sp³-hybridized carbons (Fsp3) is 0.105. The number of rotatable bonds is 4. The molecule has 0 saturated heterocycles. The molecule has 1 heterocycles. The molecule has 0 aliphatic heterocycles. The third-order valence-electron chi connectivity index (χ3n) is 3.50. The number of ether oxygens (including phenoxy) is 1. The lowest BCUT2D eigenvalue weighted by Crippen LogP contribution is -2.03. The summed E-state index contributed by atoms with van der Waals surface area (Å²) in [6.45, 7) is 1.95. The average molecular weight is 291 g/mol. The van der Waals surface area contributed by atoms with Crippen LogP contribution in [0.25, 0.3) is 0 Å². The molecule has 3 rings (SSSR count). The molecule has 0 aliphatic rings. The number of aromatic nitrogens is 1. The van der Waals surface area contributed by atoms with Gasteiger partial charge in [-0.25, -0.2) is 4.98 Å². The molecule has 0 bridgehead atoms. The maximum atomic E-state index is 10.5. The molecule has 1 aromatic heterocycles. The molecule has 0 amide bonds. The minimum Gasteiger partial charge on any atom is -0.439 e. The number of benzene rings is 2. The first-order chi connectivity index (χ1) is 10.7. The van der Waals surface area contributed by atoms with E-state index >= 15 is 0 Å². The maximum absolute atomic E-state index is 10.5. The Labute approximate surface area is 129 Å². The Morgan fingerprint density at radius 2 is 1.59 bits per heavy atom. The van der Waals surface area contributed by atoms with Crippen LogP contribution in [0.3, 0.4) is 0 Å². The van der Waals surface area contributed by atoms with Crippen LogP contribution in [0.4, 0.5) is 0 Å². The summed E-state index contributed by atoms with van der Waals surface area (Å²) in [6, 6.07) is 20.9. The fourth-order valence-electron chi connectivity index (χ4n) is 2.31. The number of aliphatic hydroxyl groups excluding tert-OH is 1. The summed E-state index contributed by atoms with van der Waals surface area (Å²) in [6.07, 6.45) is 0.991. The van der Waals surface area contributed by atoms with Gasteiger partial charge in [0.05, 0.1) is 0 Å². The van der Waals surface area contributed by atoms with Gasteiger partial charge >= 0.3 is 0 Å². The summed E-state index contributed by atoms with van der Waals surface area (Å²) in [7, 11) is 0. The number of aliphatic hydroxyl groups is 1. The maximum Gasteiger partial charge on any atom is 0.219 e.